The highest BCUT2D eigenvalue weighted by atomic mass is 32.2. The lowest BCUT2D eigenvalue weighted by atomic mass is 10.0. The van der Waals surface area contributed by atoms with E-state index in [-0.39, 0.29) is 11.7 Å². The number of carbonyl (C=O) groups excluding carboxylic acids is 1. The molecule has 0 unspecified atom stereocenters. The van der Waals surface area contributed by atoms with Crippen LogP contribution < -0.4 is 5.32 Å². The van der Waals surface area contributed by atoms with Crippen LogP contribution in [0.5, 0.6) is 0 Å². The summed E-state index contributed by atoms with van der Waals surface area (Å²) in [5.41, 5.74) is 2.61. The molecule has 2 N–H and O–H groups in total. The van der Waals surface area contributed by atoms with Gasteiger partial charge in [0.1, 0.15) is 17.7 Å². The van der Waals surface area contributed by atoms with E-state index in [9.17, 15) is 10.1 Å². The number of thioether (sulfide) groups is 1. The van der Waals surface area contributed by atoms with E-state index in [2.05, 4.69) is 31.1 Å². The lowest BCUT2D eigenvalue weighted by Gasteiger charge is -2.19. The van der Waals surface area contributed by atoms with Gasteiger partial charge in [0.15, 0.2) is 0 Å². The predicted octanol–water partition coefficient (Wildman–Crippen LogP) is 5.06. The summed E-state index contributed by atoms with van der Waals surface area (Å²) in [4.78, 5) is 17.3. The minimum atomic E-state index is -0.129. The smallest absolute Gasteiger partial charge is 0.235 e. The molecular weight excluding hydrogens is 408 g/mol. The number of aromatic amines is 1. The van der Waals surface area contributed by atoms with Gasteiger partial charge in [0.25, 0.3) is 0 Å². The number of anilines is 1. The molecule has 2 aliphatic rings. The van der Waals surface area contributed by atoms with E-state index in [1.54, 1.807) is 0 Å². The van der Waals surface area contributed by atoms with Crippen molar-refractivity contribution in [3.05, 3.63) is 22.6 Å². The van der Waals surface area contributed by atoms with Gasteiger partial charge in [0, 0.05) is 18.2 Å². The number of H-pyrrole nitrogens is 1. The molecular formula is C23H32N6OS. The van der Waals surface area contributed by atoms with Crippen LogP contribution in [-0.4, -0.2) is 31.4 Å². The van der Waals surface area contributed by atoms with Crippen LogP contribution in [0.2, 0.25) is 0 Å². The van der Waals surface area contributed by atoms with Crippen LogP contribution in [0.1, 0.15) is 86.5 Å². The van der Waals surface area contributed by atoms with Crippen molar-refractivity contribution < 1.29 is 4.79 Å². The van der Waals surface area contributed by atoms with Crippen LogP contribution in [0, 0.1) is 31.1 Å². The summed E-state index contributed by atoms with van der Waals surface area (Å²) in [6.07, 6.45) is 12.0. The Balaban J connectivity index is 1.36. The van der Waals surface area contributed by atoms with Gasteiger partial charge in [-0.3, -0.25) is 9.89 Å². The number of carbonyl (C=O) groups is 1. The number of nitrogens with one attached hydrogen (secondary N) is 2. The Morgan fingerprint density at radius 1 is 1.23 bits per heavy atom. The number of hydrogen-bond acceptors (Lipinski definition) is 5. The standard InChI is InChI=1S/C23H32N6OS/c1-15-16(2)29(18-9-5-6-10-18)22(19(15)13-24)26-21(30)14-31-23-25-20(27-28-23)12-11-17-7-3-4-8-17/h17-18H,3-12,14H2,1-2H3,(H,26,30)(H,25,27,28). The highest BCUT2D eigenvalue weighted by molar-refractivity contribution is 7.99. The van der Waals surface area contributed by atoms with Gasteiger partial charge in [0.2, 0.25) is 11.1 Å². The van der Waals surface area contributed by atoms with Crippen LogP contribution in [0.25, 0.3) is 0 Å². The predicted molar refractivity (Wildman–Crippen MR) is 122 cm³/mol. The number of aromatic nitrogens is 4. The molecule has 2 aliphatic carbocycles. The third kappa shape index (κ3) is 4.98. The quantitative estimate of drug-likeness (QED) is 0.559. The van der Waals surface area contributed by atoms with Gasteiger partial charge in [0.05, 0.1) is 11.3 Å². The van der Waals surface area contributed by atoms with Gasteiger partial charge >= 0.3 is 0 Å². The van der Waals surface area contributed by atoms with Crippen LogP contribution in [-0.2, 0) is 11.2 Å². The highest BCUT2D eigenvalue weighted by Gasteiger charge is 2.26. The Morgan fingerprint density at radius 2 is 1.94 bits per heavy atom. The number of nitriles is 1. The molecule has 0 aliphatic heterocycles. The molecule has 2 aromatic heterocycles. The molecule has 0 spiro atoms. The van der Waals surface area contributed by atoms with Crippen molar-refractivity contribution in [3.63, 3.8) is 0 Å². The number of rotatable bonds is 8. The van der Waals surface area contributed by atoms with E-state index >= 15 is 0 Å². The first-order chi connectivity index (χ1) is 15.1. The third-order valence-corrected chi connectivity index (χ3v) is 7.77. The monoisotopic (exact) mass is 440 g/mol. The normalized spacial score (nSPS) is 17.3. The Hall–Kier alpha value is -2.27. The molecule has 7 nitrogen and oxygen atoms in total. The summed E-state index contributed by atoms with van der Waals surface area (Å²) in [5, 5.41) is 20.6. The Bertz CT molecular complexity index is 960. The second kappa shape index (κ2) is 9.90. The molecule has 2 saturated carbocycles. The number of aryl methyl sites for hydroxylation is 1. The fourth-order valence-electron chi connectivity index (χ4n) is 5.10. The van der Waals surface area contributed by atoms with Crippen molar-refractivity contribution in [2.24, 2.45) is 5.92 Å². The summed E-state index contributed by atoms with van der Waals surface area (Å²) in [7, 11) is 0. The lowest BCUT2D eigenvalue weighted by Crippen LogP contribution is -2.19. The Kier molecular flexibility index (Phi) is 7.01. The first-order valence-electron chi connectivity index (χ1n) is 11.5. The molecule has 2 heterocycles. The average molecular weight is 441 g/mol. The van der Waals surface area contributed by atoms with E-state index in [1.807, 2.05) is 13.8 Å². The fourth-order valence-corrected chi connectivity index (χ4v) is 5.72. The average Bonchev–Trinajstić information content (AvgIpc) is 3.55. The summed E-state index contributed by atoms with van der Waals surface area (Å²) in [5.74, 6) is 2.48. The van der Waals surface area contributed by atoms with Gasteiger partial charge in [-0.25, -0.2) is 4.98 Å². The zero-order valence-electron chi connectivity index (χ0n) is 18.5. The zero-order valence-corrected chi connectivity index (χ0v) is 19.4. The van der Waals surface area contributed by atoms with Crippen molar-refractivity contribution in [3.8, 4) is 6.07 Å². The van der Waals surface area contributed by atoms with Crippen LogP contribution in [0.4, 0.5) is 5.82 Å². The summed E-state index contributed by atoms with van der Waals surface area (Å²) < 4.78 is 2.18. The molecule has 2 fully saturated rings. The maximum absolute atomic E-state index is 12.7. The highest BCUT2D eigenvalue weighted by Crippen LogP contribution is 2.37. The Morgan fingerprint density at radius 3 is 2.65 bits per heavy atom. The van der Waals surface area contributed by atoms with E-state index < -0.39 is 0 Å². The fraction of sp³-hybridized carbons (Fsp3) is 0.652. The molecule has 0 aromatic carbocycles. The topological polar surface area (TPSA) is 99.4 Å². The van der Waals surface area contributed by atoms with Gasteiger partial charge in [-0.05, 0) is 44.6 Å². The van der Waals surface area contributed by atoms with Crippen molar-refractivity contribution in [2.45, 2.75) is 89.3 Å². The maximum Gasteiger partial charge on any atom is 0.235 e. The van der Waals surface area contributed by atoms with Gasteiger partial charge in [-0.15, -0.1) is 5.10 Å². The van der Waals surface area contributed by atoms with E-state index in [4.69, 9.17) is 0 Å². The van der Waals surface area contributed by atoms with Gasteiger partial charge in [-0.2, -0.15) is 5.26 Å². The second-order valence-electron chi connectivity index (χ2n) is 8.94. The molecule has 166 valence electrons. The minimum absolute atomic E-state index is 0.129. The third-order valence-electron chi connectivity index (χ3n) is 6.92. The van der Waals surface area contributed by atoms with Gasteiger partial charge in [-0.1, -0.05) is 50.3 Å². The summed E-state index contributed by atoms with van der Waals surface area (Å²) in [6.45, 7) is 4.00. The van der Waals surface area contributed by atoms with Crippen molar-refractivity contribution >= 4 is 23.5 Å². The lowest BCUT2D eigenvalue weighted by molar-refractivity contribution is -0.113. The van der Waals surface area contributed by atoms with E-state index in [1.165, 1.54) is 50.3 Å². The molecule has 0 atom stereocenters. The number of nitrogens with zero attached hydrogens (tertiary/aromatic N) is 4. The minimum Gasteiger partial charge on any atom is -0.327 e. The number of hydrogen-bond donors (Lipinski definition) is 2. The van der Waals surface area contributed by atoms with E-state index in [0.717, 1.165) is 48.7 Å². The maximum atomic E-state index is 12.7. The zero-order chi connectivity index (χ0) is 21.8. The summed E-state index contributed by atoms with van der Waals surface area (Å²) >= 11 is 1.33. The molecule has 2 aromatic rings. The largest absolute Gasteiger partial charge is 0.327 e. The van der Waals surface area contributed by atoms with Crippen molar-refractivity contribution in [1.29, 1.82) is 5.26 Å². The first-order valence-corrected chi connectivity index (χ1v) is 12.5. The molecule has 4 rings (SSSR count). The molecule has 0 saturated heterocycles. The van der Waals surface area contributed by atoms with Crippen LogP contribution in [0.15, 0.2) is 5.16 Å². The van der Waals surface area contributed by atoms with Crippen LogP contribution in [0.3, 0.4) is 0 Å². The SMILES string of the molecule is Cc1c(C#N)c(NC(=O)CSc2n[nH]c(CCC3CCCC3)n2)n(C2CCCC2)c1C. The molecule has 0 radical (unpaired) electrons. The molecule has 1 amide bonds. The molecule has 31 heavy (non-hydrogen) atoms. The first kappa shape index (κ1) is 21.9. The second-order valence-corrected chi connectivity index (χ2v) is 9.89. The molecule has 8 heteroatoms. The Labute approximate surface area is 188 Å². The van der Waals surface area contributed by atoms with Gasteiger partial charge < -0.3 is 9.88 Å². The van der Waals surface area contributed by atoms with Crippen molar-refractivity contribution in [1.82, 2.24) is 19.7 Å². The summed E-state index contributed by atoms with van der Waals surface area (Å²) in [6, 6.07) is 2.66. The van der Waals surface area contributed by atoms with Crippen LogP contribution >= 0.6 is 11.8 Å². The number of amides is 1. The van der Waals surface area contributed by atoms with E-state index in [0.29, 0.717) is 22.6 Å². The molecule has 0 bridgehead atoms. The van der Waals surface area contributed by atoms with Crippen molar-refractivity contribution in [2.75, 3.05) is 11.1 Å².